The van der Waals surface area contributed by atoms with Crippen LogP contribution in [0.1, 0.15) is 22.2 Å². The van der Waals surface area contributed by atoms with Crippen LogP contribution in [0.15, 0.2) is 88.5 Å². The van der Waals surface area contributed by atoms with E-state index in [9.17, 15) is 27.9 Å². The Labute approximate surface area is 218 Å². The van der Waals surface area contributed by atoms with E-state index in [1.165, 1.54) is 31.4 Å². The number of ether oxygens (including phenoxy) is 2. The lowest BCUT2D eigenvalue weighted by molar-refractivity contribution is -0.274. The quantitative estimate of drug-likeness (QED) is 0.270. The normalized spacial score (nSPS) is 15.9. The summed E-state index contributed by atoms with van der Waals surface area (Å²) in [6.45, 7) is 0. The molecule has 7 nitrogen and oxygen atoms in total. The number of benzene rings is 3. The molecule has 11 heteroatoms. The molecule has 0 saturated heterocycles. The van der Waals surface area contributed by atoms with Gasteiger partial charge in [0.05, 0.1) is 18.7 Å². The number of fused-ring (bicyclic) bond motifs is 1. The second-order valence-electron chi connectivity index (χ2n) is 8.26. The molecule has 2 heterocycles. The zero-order valence-corrected chi connectivity index (χ0v) is 20.2. The van der Waals surface area contributed by atoms with E-state index < -0.39 is 35.6 Å². The summed E-state index contributed by atoms with van der Waals surface area (Å²) in [5.41, 5.74) is 0.312. The van der Waals surface area contributed by atoms with Crippen LogP contribution in [0.3, 0.4) is 0 Å². The predicted octanol–water partition coefficient (Wildman–Crippen LogP) is 6.78. The molecular formula is C27H17ClF3NO6. The van der Waals surface area contributed by atoms with Gasteiger partial charge in [0.25, 0.3) is 5.91 Å². The summed E-state index contributed by atoms with van der Waals surface area (Å²) in [5, 5.41) is 11.7. The number of aliphatic hydroxyl groups excluding tert-OH is 1. The Hall–Kier alpha value is -4.44. The summed E-state index contributed by atoms with van der Waals surface area (Å²) in [5.74, 6) is -3.15. The van der Waals surface area contributed by atoms with Crippen LogP contribution in [0, 0.1) is 0 Å². The Bertz CT molecular complexity index is 1600. The number of alkyl halides is 3. The number of nitrogens with zero attached hydrogens (tertiary/aromatic N) is 1. The van der Waals surface area contributed by atoms with Crippen LogP contribution in [0.25, 0.3) is 11.0 Å². The molecule has 0 saturated carbocycles. The molecule has 0 bridgehead atoms. The highest BCUT2D eigenvalue weighted by Gasteiger charge is 2.45. The maximum atomic E-state index is 13.7. The number of halogens is 4. The molecular weight excluding hydrogens is 527 g/mol. The number of anilines is 1. The van der Waals surface area contributed by atoms with Crippen LogP contribution in [-0.2, 0) is 4.79 Å². The Morgan fingerprint density at radius 2 is 1.79 bits per heavy atom. The van der Waals surface area contributed by atoms with E-state index in [2.05, 4.69) is 4.74 Å². The number of hydrogen-bond donors (Lipinski definition) is 1. The number of ketones is 1. The van der Waals surface area contributed by atoms with Gasteiger partial charge in [-0.2, -0.15) is 0 Å². The monoisotopic (exact) mass is 543 g/mol. The number of furan rings is 1. The van der Waals surface area contributed by atoms with E-state index in [4.69, 9.17) is 20.8 Å². The molecule has 1 N–H and O–H groups in total. The van der Waals surface area contributed by atoms with Gasteiger partial charge in [-0.05, 0) is 29.8 Å². The van der Waals surface area contributed by atoms with Crippen LogP contribution in [0.4, 0.5) is 18.9 Å². The minimum absolute atomic E-state index is 0.0296. The molecule has 1 amide bonds. The average Bonchev–Trinajstić information content (AvgIpc) is 3.41. The zero-order valence-electron chi connectivity index (χ0n) is 19.5. The number of methoxy groups -OCH3 is 1. The van der Waals surface area contributed by atoms with Crippen LogP contribution < -0.4 is 14.4 Å². The first kappa shape index (κ1) is 25.2. The fourth-order valence-corrected chi connectivity index (χ4v) is 4.58. The topological polar surface area (TPSA) is 89.2 Å². The highest BCUT2D eigenvalue weighted by Crippen LogP contribution is 2.43. The molecule has 3 aromatic carbocycles. The molecule has 1 unspecified atom stereocenters. The molecule has 4 aromatic rings. The fourth-order valence-electron chi connectivity index (χ4n) is 4.37. The van der Waals surface area contributed by atoms with E-state index in [-0.39, 0.29) is 28.4 Å². The van der Waals surface area contributed by atoms with E-state index in [0.717, 1.165) is 17.0 Å². The second-order valence-corrected chi connectivity index (χ2v) is 8.70. The maximum absolute atomic E-state index is 13.7. The Balaban J connectivity index is 1.63. The lowest BCUT2D eigenvalue weighted by atomic mass is 9.95. The number of amides is 1. The minimum Gasteiger partial charge on any atom is -0.503 e. The Morgan fingerprint density at radius 3 is 2.47 bits per heavy atom. The summed E-state index contributed by atoms with van der Waals surface area (Å²) in [4.78, 5) is 28.0. The number of carbonyl (C=O) groups excluding carboxylic acids is 2. The lowest BCUT2D eigenvalue weighted by Crippen LogP contribution is -2.31. The van der Waals surface area contributed by atoms with Crippen molar-refractivity contribution in [3.05, 3.63) is 100 Å². The van der Waals surface area contributed by atoms with Crippen molar-refractivity contribution in [1.82, 2.24) is 0 Å². The fraction of sp³-hybridized carbons (Fsp3) is 0.111. The molecule has 1 aliphatic rings. The molecule has 194 valence electrons. The van der Waals surface area contributed by atoms with Gasteiger partial charge in [-0.25, -0.2) is 0 Å². The molecule has 5 rings (SSSR count). The van der Waals surface area contributed by atoms with Gasteiger partial charge in [-0.3, -0.25) is 14.5 Å². The Kier molecular flexibility index (Phi) is 6.28. The number of aliphatic hydroxyl groups is 1. The summed E-state index contributed by atoms with van der Waals surface area (Å²) >= 11 is 6.12. The molecule has 38 heavy (non-hydrogen) atoms. The average molecular weight is 544 g/mol. The molecule has 0 fully saturated rings. The lowest BCUT2D eigenvalue weighted by Gasteiger charge is -2.27. The van der Waals surface area contributed by atoms with E-state index in [0.29, 0.717) is 16.0 Å². The van der Waals surface area contributed by atoms with Crippen LogP contribution >= 0.6 is 11.6 Å². The number of rotatable bonds is 6. The van der Waals surface area contributed by atoms with E-state index in [1.54, 1.807) is 36.4 Å². The van der Waals surface area contributed by atoms with Crippen LogP contribution in [-0.4, -0.2) is 30.3 Å². The van der Waals surface area contributed by atoms with Crippen LogP contribution in [0.2, 0.25) is 5.02 Å². The van der Waals surface area contributed by atoms with Crippen molar-refractivity contribution >= 4 is 39.9 Å². The summed E-state index contributed by atoms with van der Waals surface area (Å²) < 4.78 is 53.5. The molecule has 1 aliphatic heterocycles. The van der Waals surface area contributed by atoms with Gasteiger partial charge in [0.1, 0.15) is 5.75 Å². The van der Waals surface area contributed by atoms with Crippen molar-refractivity contribution in [2.45, 2.75) is 12.4 Å². The first-order chi connectivity index (χ1) is 18.1. The number of carbonyl (C=O) groups is 2. The first-order valence-electron chi connectivity index (χ1n) is 11.1. The SMILES string of the molecule is COc1cc(Cl)cc2cc(C(=O)C3=C(O)C(=O)N(c4cccc(OC(F)(F)F)c4)C3c3ccccc3)oc12. The molecule has 1 atom stereocenters. The van der Waals surface area contributed by atoms with Gasteiger partial charge in [0.15, 0.2) is 22.9 Å². The smallest absolute Gasteiger partial charge is 0.503 e. The number of Topliss-reactive ketones (excluding diaryl/α,β-unsaturated/α-hetero) is 1. The summed E-state index contributed by atoms with van der Waals surface area (Å²) in [6.07, 6.45) is -4.96. The highest BCUT2D eigenvalue weighted by molar-refractivity contribution is 6.31. The maximum Gasteiger partial charge on any atom is 0.573 e. The summed E-state index contributed by atoms with van der Waals surface area (Å²) in [6, 6.07) is 16.2. The largest absolute Gasteiger partial charge is 0.573 e. The first-order valence-corrected chi connectivity index (χ1v) is 11.4. The number of hydrogen-bond acceptors (Lipinski definition) is 6. The van der Waals surface area contributed by atoms with Crippen molar-refractivity contribution in [3.63, 3.8) is 0 Å². The highest BCUT2D eigenvalue weighted by atomic mass is 35.5. The van der Waals surface area contributed by atoms with Gasteiger partial charge in [0, 0.05) is 28.2 Å². The summed E-state index contributed by atoms with van der Waals surface area (Å²) in [7, 11) is 1.40. The van der Waals surface area contributed by atoms with Gasteiger partial charge < -0.3 is 19.0 Å². The van der Waals surface area contributed by atoms with Gasteiger partial charge in [-0.15, -0.1) is 13.2 Å². The third kappa shape index (κ3) is 4.54. The van der Waals surface area contributed by atoms with E-state index in [1.807, 2.05) is 0 Å². The molecule has 0 spiro atoms. The van der Waals surface area contributed by atoms with Crippen molar-refractivity contribution in [2.24, 2.45) is 0 Å². The van der Waals surface area contributed by atoms with Gasteiger partial charge >= 0.3 is 6.36 Å². The predicted molar refractivity (Wildman–Crippen MR) is 132 cm³/mol. The molecule has 0 radical (unpaired) electrons. The van der Waals surface area contributed by atoms with Crippen LogP contribution in [0.5, 0.6) is 11.5 Å². The van der Waals surface area contributed by atoms with E-state index >= 15 is 0 Å². The second kappa shape index (κ2) is 9.46. The molecule has 0 aliphatic carbocycles. The Morgan fingerprint density at radius 1 is 1.05 bits per heavy atom. The third-order valence-corrected chi connectivity index (χ3v) is 6.11. The van der Waals surface area contributed by atoms with Crippen molar-refractivity contribution in [2.75, 3.05) is 12.0 Å². The zero-order chi connectivity index (χ0) is 27.2. The van der Waals surface area contributed by atoms with Gasteiger partial charge in [0.2, 0.25) is 5.78 Å². The van der Waals surface area contributed by atoms with Gasteiger partial charge in [-0.1, -0.05) is 48.0 Å². The standard InChI is InChI=1S/C27H17ClF3NO6/c1-36-20-12-16(28)10-15-11-19(37-25(15)20)23(33)21-22(14-6-3-2-4-7-14)32(26(35)24(21)34)17-8-5-9-18(13-17)38-27(29,30)31/h2-13,22,34H,1H3. The van der Waals surface area contributed by atoms with Crippen molar-refractivity contribution in [3.8, 4) is 11.5 Å². The minimum atomic E-state index is -4.96. The van der Waals surface area contributed by atoms with Crippen molar-refractivity contribution in [1.29, 1.82) is 0 Å². The van der Waals surface area contributed by atoms with Crippen molar-refractivity contribution < 1.29 is 41.8 Å². The molecule has 1 aromatic heterocycles. The third-order valence-electron chi connectivity index (χ3n) is 5.89.